The first-order chi connectivity index (χ1) is 10.1. The second kappa shape index (κ2) is 7.71. The summed E-state index contributed by atoms with van der Waals surface area (Å²) in [6, 6.07) is 3.65. The van der Waals surface area contributed by atoms with Gasteiger partial charge >= 0.3 is 23.9 Å². The van der Waals surface area contributed by atoms with Crippen LogP contribution in [0.4, 0.5) is 13.2 Å². The maximum absolute atomic E-state index is 12.5. The number of alkyl halides is 3. The Balaban J connectivity index is 3.21. The Morgan fingerprint density at radius 3 is 2.50 bits per heavy atom. The molecule has 1 unspecified atom stereocenters. The smallest absolute Gasteiger partial charge is 0.232 e. The van der Waals surface area contributed by atoms with Crippen molar-refractivity contribution in [2.45, 2.75) is 28.6 Å². The van der Waals surface area contributed by atoms with Crippen LogP contribution in [0.25, 0.3) is 0 Å². The van der Waals surface area contributed by atoms with Gasteiger partial charge in [0.05, 0.1) is 0 Å². The Bertz CT molecular complexity index is 647. The van der Waals surface area contributed by atoms with Crippen molar-refractivity contribution in [3.05, 3.63) is 23.8 Å². The van der Waals surface area contributed by atoms with Gasteiger partial charge in [-0.3, -0.25) is 0 Å². The molecule has 0 spiro atoms. The van der Waals surface area contributed by atoms with E-state index in [-0.39, 0.29) is 12.0 Å². The predicted molar refractivity (Wildman–Crippen MR) is 71.8 cm³/mol. The summed E-state index contributed by atoms with van der Waals surface area (Å²) in [7, 11) is -7.68. The van der Waals surface area contributed by atoms with Gasteiger partial charge in [0.2, 0.25) is 6.79 Å². The van der Waals surface area contributed by atoms with Gasteiger partial charge in [0.25, 0.3) is 0 Å². The highest BCUT2D eigenvalue weighted by atomic mass is 32.2. The van der Waals surface area contributed by atoms with Crippen LogP contribution in [-0.2, 0) is 29.8 Å². The molecule has 0 saturated carbocycles. The molecule has 0 aliphatic heterocycles. The van der Waals surface area contributed by atoms with Crippen molar-refractivity contribution < 1.29 is 39.8 Å². The molecule has 0 aliphatic carbocycles. The van der Waals surface area contributed by atoms with Gasteiger partial charge < -0.3 is 0 Å². The minimum absolute atomic E-state index is 0.127. The van der Waals surface area contributed by atoms with Crippen LogP contribution in [-0.4, -0.2) is 25.6 Å². The van der Waals surface area contributed by atoms with Gasteiger partial charge in [-0.15, -0.1) is 4.89 Å². The predicted octanol–water partition coefficient (Wildman–Crippen LogP) is 3.19. The van der Waals surface area contributed by atoms with Crippen molar-refractivity contribution >= 4 is 30.1 Å². The maximum Gasteiger partial charge on any atom is 0.697 e. The topological polar surface area (TPSA) is 89.9 Å². The molecule has 22 heavy (non-hydrogen) atoms. The standard InChI is InChI=1S/C10H10F3O6PS2/c1-2-7-4-3-5-8(21-10(11,12)13)9(7)22(16,17)19-6-18-20(14)15/h3-5H,2,6H2,1H3/p+1. The van der Waals surface area contributed by atoms with Gasteiger partial charge in [-0.1, -0.05) is 23.6 Å². The summed E-state index contributed by atoms with van der Waals surface area (Å²) in [5.74, 6) is 0. The Morgan fingerprint density at radius 1 is 1.36 bits per heavy atom. The fourth-order valence-electron chi connectivity index (χ4n) is 1.52. The van der Waals surface area contributed by atoms with Crippen molar-refractivity contribution in [1.82, 2.24) is 0 Å². The van der Waals surface area contributed by atoms with E-state index >= 15 is 0 Å². The summed E-state index contributed by atoms with van der Waals surface area (Å²) < 4.78 is 80.4. The average molecular weight is 379 g/mol. The molecule has 0 saturated heterocycles. The second-order valence-electron chi connectivity index (χ2n) is 3.70. The minimum atomic E-state index is -4.68. The Kier molecular flexibility index (Phi) is 6.78. The molecule has 0 heterocycles. The van der Waals surface area contributed by atoms with Crippen molar-refractivity contribution in [3.63, 3.8) is 0 Å². The molecular weight excluding hydrogens is 368 g/mol. The highest BCUT2D eigenvalue weighted by molar-refractivity contribution is 8.00. The summed E-state index contributed by atoms with van der Waals surface area (Å²) in [5.41, 5.74) is -4.55. The summed E-state index contributed by atoms with van der Waals surface area (Å²) in [4.78, 5) is 7.22. The molecule has 0 aliphatic rings. The molecule has 0 aromatic heterocycles. The van der Waals surface area contributed by atoms with E-state index in [0.717, 1.165) is 6.07 Å². The Hall–Kier alpha value is -0.710. The van der Waals surface area contributed by atoms with E-state index in [2.05, 4.69) is 8.71 Å². The number of halogens is 3. The minimum Gasteiger partial charge on any atom is -0.232 e. The van der Waals surface area contributed by atoms with Crippen LogP contribution in [0, 0.1) is 0 Å². The van der Waals surface area contributed by atoms with E-state index in [1.54, 1.807) is 6.92 Å². The van der Waals surface area contributed by atoms with Crippen LogP contribution in [0.3, 0.4) is 0 Å². The highest BCUT2D eigenvalue weighted by Gasteiger charge is 2.34. The molecule has 1 aromatic rings. The molecule has 124 valence electrons. The number of thioether (sulfide) groups is 1. The van der Waals surface area contributed by atoms with Gasteiger partial charge in [-0.25, -0.2) is 4.18 Å². The van der Waals surface area contributed by atoms with Crippen molar-refractivity contribution in [2.75, 3.05) is 6.79 Å². The molecule has 0 fully saturated rings. The highest BCUT2D eigenvalue weighted by Crippen LogP contribution is 2.41. The van der Waals surface area contributed by atoms with Crippen molar-refractivity contribution in [1.29, 1.82) is 0 Å². The fourth-order valence-corrected chi connectivity index (χ4v) is 3.92. The van der Waals surface area contributed by atoms with Gasteiger partial charge in [-0.2, -0.15) is 21.6 Å². The van der Waals surface area contributed by atoms with E-state index < -0.39 is 52.2 Å². The molecular formula is C10H11F3O6PS2+. The summed E-state index contributed by atoms with van der Waals surface area (Å²) in [6.45, 7) is 0.486. The van der Waals surface area contributed by atoms with Crippen LogP contribution in [0.2, 0.25) is 0 Å². The molecule has 1 N–H and O–H groups in total. The number of rotatable bonds is 7. The third-order valence-electron chi connectivity index (χ3n) is 2.28. The quantitative estimate of drug-likeness (QED) is 0.337. The van der Waals surface area contributed by atoms with E-state index in [0.29, 0.717) is 0 Å². The lowest BCUT2D eigenvalue weighted by Crippen LogP contribution is -2.13. The monoisotopic (exact) mass is 379 g/mol. The van der Waals surface area contributed by atoms with Crippen LogP contribution >= 0.6 is 20.0 Å². The lowest BCUT2D eigenvalue weighted by atomic mass is 10.2. The summed E-state index contributed by atoms with van der Waals surface area (Å²) in [5, 5.41) is 0. The van der Waals surface area contributed by atoms with Gasteiger partial charge in [0.1, 0.15) is 4.90 Å². The Labute approximate surface area is 129 Å². The first-order valence-electron chi connectivity index (χ1n) is 5.63. The normalized spacial score (nSPS) is 13.2. The molecule has 0 radical (unpaired) electrons. The van der Waals surface area contributed by atoms with E-state index in [9.17, 15) is 26.2 Å². The lowest BCUT2D eigenvalue weighted by molar-refractivity contribution is -0.0329. The molecule has 1 atom stereocenters. The molecule has 0 amide bonds. The maximum atomic E-state index is 12.5. The van der Waals surface area contributed by atoms with E-state index in [1.165, 1.54) is 12.1 Å². The first kappa shape index (κ1) is 19.3. The van der Waals surface area contributed by atoms with E-state index in [4.69, 9.17) is 4.89 Å². The zero-order valence-electron chi connectivity index (χ0n) is 11.0. The van der Waals surface area contributed by atoms with Crippen molar-refractivity contribution in [2.24, 2.45) is 0 Å². The second-order valence-corrected chi connectivity index (χ2v) is 7.10. The summed E-state index contributed by atoms with van der Waals surface area (Å²) >= 11 is -0.584. The van der Waals surface area contributed by atoms with Crippen LogP contribution < -0.4 is 0 Å². The molecule has 12 heteroatoms. The zero-order chi connectivity index (χ0) is 17.0. The third kappa shape index (κ3) is 5.82. The number of hydrogen-bond donors (Lipinski definition) is 1. The third-order valence-corrected chi connectivity index (χ3v) is 4.92. The molecule has 6 nitrogen and oxygen atoms in total. The molecule has 1 rings (SSSR count). The lowest BCUT2D eigenvalue weighted by Gasteiger charge is -2.14. The van der Waals surface area contributed by atoms with Gasteiger partial charge in [0, 0.05) is 9.46 Å². The summed E-state index contributed by atoms with van der Waals surface area (Å²) in [6.07, 6.45) is 0.152. The van der Waals surface area contributed by atoms with Crippen LogP contribution in [0.1, 0.15) is 12.5 Å². The van der Waals surface area contributed by atoms with Gasteiger partial charge in [0.15, 0.2) is 0 Å². The average Bonchev–Trinajstić information content (AvgIpc) is 2.35. The number of aryl methyl sites for hydroxylation is 1. The molecule has 1 aromatic carbocycles. The Morgan fingerprint density at radius 2 is 2.00 bits per heavy atom. The SMILES string of the molecule is CCc1cccc(SC(F)(F)F)c1S(=O)(=O)OCO[P+](=O)O. The first-order valence-corrected chi connectivity index (χ1v) is 8.98. The van der Waals surface area contributed by atoms with Gasteiger partial charge in [-0.05, 0) is 29.8 Å². The number of benzene rings is 1. The van der Waals surface area contributed by atoms with Crippen LogP contribution in [0.15, 0.2) is 28.0 Å². The van der Waals surface area contributed by atoms with E-state index in [1.807, 2.05) is 0 Å². The number of hydrogen-bond acceptors (Lipinski definition) is 6. The van der Waals surface area contributed by atoms with Crippen LogP contribution in [0.5, 0.6) is 0 Å². The molecule has 0 bridgehead atoms. The van der Waals surface area contributed by atoms with Crippen molar-refractivity contribution in [3.8, 4) is 0 Å². The largest absolute Gasteiger partial charge is 0.697 e. The fraction of sp³-hybridized carbons (Fsp3) is 0.400. The zero-order valence-corrected chi connectivity index (χ0v) is 13.6.